The van der Waals surface area contributed by atoms with Crippen LogP contribution < -0.4 is 9.96 Å². The normalized spacial score (nSPS) is 23.2. The summed E-state index contributed by atoms with van der Waals surface area (Å²) in [6, 6.07) is 21.9. The molecule has 6 nitrogen and oxygen atoms in total. The van der Waals surface area contributed by atoms with Gasteiger partial charge in [-0.3, -0.25) is 14.4 Å². The van der Waals surface area contributed by atoms with Crippen LogP contribution in [0.25, 0.3) is 0 Å². The zero-order chi connectivity index (χ0) is 20.8. The minimum Gasteiger partial charge on any atom is -0.508 e. The van der Waals surface area contributed by atoms with Crippen molar-refractivity contribution in [2.45, 2.75) is 12.1 Å². The summed E-state index contributed by atoms with van der Waals surface area (Å²) in [7, 11) is 0. The Morgan fingerprint density at radius 1 is 0.833 bits per heavy atom. The molecule has 0 spiro atoms. The maximum absolute atomic E-state index is 13.5. The van der Waals surface area contributed by atoms with E-state index in [2.05, 4.69) is 0 Å². The number of carbonyl (C=O) groups is 2. The molecule has 0 radical (unpaired) electrons. The standard InChI is InChI=1S/C23H17ClN2O4/c24-14-7-6-10-16(13-14)25-22(28)19-20(17-11-4-5-12-18(17)27)26(30-21(19)23(25)29)15-8-2-1-3-9-15/h1-13,19-21,27H/t19-,20-,21+/m0/s1. The first kappa shape index (κ1) is 18.7. The largest absolute Gasteiger partial charge is 0.508 e. The Bertz CT molecular complexity index is 1140. The number of carbonyl (C=O) groups excluding carboxylic acids is 2. The number of hydrogen-bond acceptors (Lipinski definition) is 5. The summed E-state index contributed by atoms with van der Waals surface area (Å²) < 4.78 is 0. The Labute approximate surface area is 177 Å². The van der Waals surface area contributed by atoms with Gasteiger partial charge in [0.2, 0.25) is 5.91 Å². The van der Waals surface area contributed by atoms with E-state index in [0.717, 1.165) is 4.90 Å². The van der Waals surface area contributed by atoms with Crippen molar-refractivity contribution < 1.29 is 19.5 Å². The van der Waals surface area contributed by atoms with Crippen LogP contribution in [0, 0.1) is 5.92 Å². The van der Waals surface area contributed by atoms with Crippen molar-refractivity contribution in [3.05, 3.63) is 89.4 Å². The first-order valence-corrected chi connectivity index (χ1v) is 9.86. The molecule has 0 aromatic heterocycles. The molecule has 150 valence electrons. The molecule has 1 N–H and O–H groups in total. The number of imide groups is 1. The highest BCUT2D eigenvalue weighted by atomic mass is 35.5. The number of rotatable bonds is 3. The quantitative estimate of drug-likeness (QED) is 0.646. The molecule has 2 fully saturated rings. The van der Waals surface area contributed by atoms with Crippen molar-refractivity contribution >= 4 is 34.8 Å². The molecule has 3 atom stereocenters. The monoisotopic (exact) mass is 420 g/mol. The molecule has 2 amide bonds. The first-order valence-electron chi connectivity index (χ1n) is 9.48. The van der Waals surface area contributed by atoms with Crippen LogP contribution in [0.2, 0.25) is 5.02 Å². The van der Waals surface area contributed by atoms with Crippen LogP contribution >= 0.6 is 11.6 Å². The summed E-state index contributed by atoms with van der Waals surface area (Å²) in [6.45, 7) is 0. The number of fused-ring (bicyclic) bond motifs is 1. The summed E-state index contributed by atoms with van der Waals surface area (Å²) in [5.41, 5.74) is 1.61. The van der Waals surface area contributed by atoms with Crippen molar-refractivity contribution in [2.24, 2.45) is 5.92 Å². The minimum atomic E-state index is -0.999. The van der Waals surface area contributed by atoms with Gasteiger partial charge in [0.25, 0.3) is 5.91 Å². The Morgan fingerprint density at radius 3 is 2.27 bits per heavy atom. The SMILES string of the molecule is O=C1[C@@H]2[C@@H](ON(c3ccccc3)[C@H]2c2ccccc2O)C(=O)N1c1cccc(Cl)c1. The molecule has 0 aliphatic carbocycles. The smallest absolute Gasteiger partial charge is 0.266 e. The van der Waals surface area contributed by atoms with Crippen molar-refractivity contribution in [1.82, 2.24) is 0 Å². The van der Waals surface area contributed by atoms with Crippen LogP contribution in [0.15, 0.2) is 78.9 Å². The van der Waals surface area contributed by atoms with Gasteiger partial charge in [0.15, 0.2) is 6.10 Å². The average molecular weight is 421 g/mol. The molecule has 5 rings (SSSR count). The maximum Gasteiger partial charge on any atom is 0.266 e. The Balaban J connectivity index is 1.61. The van der Waals surface area contributed by atoms with Gasteiger partial charge in [0, 0.05) is 10.6 Å². The van der Waals surface area contributed by atoms with Crippen LogP contribution in [0.4, 0.5) is 11.4 Å². The van der Waals surface area contributed by atoms with Gasteiger partial charge in [0.1, 0.15) is 11.7 Å². The molecule has 2 aliphatic heterocycles. The topological polar surface area (TPSA) is 70.1 Å². The molecule has 0 unspecified atom stereocenters. The minimum absolute atomic E-state index is 0.0362. The van der Waals surface area contributed by atoms with Crippen molar-refractivity contribution in [3.8, 4) is 5.75 Å². The summed E-state index contributed by atoms with van der Waals surface area (Å²) in [6.07, 6.45) is -0.999. The number of hydroxylamine groups is 1. The van der Waals surface area contributed by atoms with Gasteiger partial charge in [-0.15, -0.1) is 0 Å². The summed E-state index contributed by atoms with van der Waals surface area (Å²) in [5.74, 6) is -1.62. The molecule has 0 saturated carbocycles. The van der Waals surface area contributed by atoms with E-state index >= 15 is 0 Å². The predicted molar refractivity (Wildman–Crippen MR) is 112 cm³/mol. The second-order valence-electron chi connectivity index (χ2n) is 7.21. The third-order valence-electron chi connectivity index (χ3n) is 5.45. The predicted octanol–water partition coefficient (Wildman–Crippen LogP) is 4.10. The average Bonchev–Trinajstić information content (AvgIpc) is 3.25. The maximum atomic E-state index is 13.5. The Hall–Kier alpha value is -3.35. The highest BCUT2D eigenvalue weighted by molar-refractivity contribution is 6.31. The zero-order valence-corrected chi connectivity index (χ0v) is 16.4. The van der Waals surface area contributed by atoms with Crippen molar-refractivity contribution in [3.63, 3.8) is 0 Å². The second kappa shape index (κ2) is 7.16. The number of nitrogens with zero attached hydrogens (tertiary/aromatic N) is 2. The molecule has 2 heterocycles. The van der Waals surface area contributed by atoms with E-state index in [9.17, 15) is 14.7 Å². The molecule has 30 heavy (non-hydrogen) atoms. The lowest BCUT2D eigenvalue weighted by Crippen LogP contribution is -2.37. The van der Waals surface area contributed by atoms with Crippen LogP contribution in [-0.2, 0) is 14.4 Å². The van der Waals surface area contributed by atoms with E-state index in [1.807, 2.05) is 30.3 Å². The summed E-state index contributed by atoms with van der Waals surface area (Å²) in [5, 5.41) is 12.5. The van der Waals surface area contributed by atoms with Gasteiger partial charge in [-0.2, -0.15) is 0 Å². The van der Waals surface area contributed by atoms with Gasteiger partial charge in [-0.05, 0) is 36.4 Å². The van der Waals surface area contributed by atoms with Crippen LogP contribution in [0.3, 0.4) is 0 Å². The van der Waals surface area contributed by atoms with E-state index in [-0.39, 0.29) is 11.7 Å². The molecule has 2 aliphatic rings. The van der Waals surface area contributed by atoms with E-state index in [1.54, 1.807) is 53.6 Å². The lowest BCUT2D eigenvalue weighted by molar-refractivity contribution is -0.126. The second-order valence-corrected chi connectivity index (χ2v) is 7.64. The molecular weight excluding hydrogens is 404 g/mol. The lowest BCUT2D eigenvalue weighted by Gasteiger charge is -2.29. The molecule has 2 saturated heterocycles. The van der Waals surface area contributed by atoms with E-state index in [0.29, 0.717) is 22.0 Å². The number of aromatic hydroxyl groups is 1. The van der Waals surface area contributed by atoms with Gasteiger partial charge in [0.05, 0.1) is 17.4 Å². The van der Waals surface area contributed by atoms with Crippen molar-refractivity contribution in [1.29, 1.82) is 0 Å². The Morgan fingerprint density at radius 2 is 1.53 bits per heavy atom. The fourth-order valence-electron chi connectivity index (χ4n) is 4.14. The molecule has 0 bridgehead atoms. The number of halogens is 1. The van der Waals surface area contributed by atoms with Crippen LogP contribution in [0.1, 0.15) is 11.6 Å². The molecule has 3 aromatic rings. The van der Waals surface area contributed by atoms with Gasteiger partial charge in [-0.25, -0.2) is 9.96 Å². The summed E-state index contributed by atoms with van der Waals surface area (Å²) in [4.78, 5) is 33.8. The van der Waals surface area contributed by atoms with E-state index in [4.69, 9.17) is 16.4 Å². The fourth-order valence-corrected chi connectivity index (χ4v) is 4.32. The van der Waals surface area contributed by atoms with Gasteiger partial charge < -0.3 is 5.11 Å². The van der Waals surface area contributed by atoms with E-state index < -0.39 is 24.0 Å². The number of phenolic OH excluding ortho intramolecular Hbond substituents is 1. The Kier molecular flexibility index (Phi) is 4.46. The van der Waals surface area contributed by atoms with Gasteiger partial charge >= 0.3 is 0 Å². The van der Waals surface area contributed by atoms with Crippen molar-refractivity contribution in [2.75, 3.05) is 9.96 Å². The highest BCUT2D eigenvalue weighted by Gasteiger charge is 2.60. The lowest BCUT2D eigenvalue weighted by atomic mass is 9.90. The first-order chi connectivity index (χ1) is 14.6. The number of hydrogen-bond donors (Lipinski definition) is 1. The third kappa shape index (κ3) is 2.84. The number of benzene rings is 3. The molecule has 7 heteroatoms. The molecular formula is C23H17ClN2O4. The van der Waals surface area contributed by atoms with Crippen LogP contribution in [-0.4, -0.2) is 23.0 Å². The molecule has 3 aromatic carbocycles. The number of anilines is 2. The van der Waals surface area contributed by atoms with E-state index in [1.165, 1.54) is 0 Å². The third-order valence-corrected chi connectivity index (χ3v) is 5.68. The van der Waals surface area contributed by atoms with Crippen LogP contribution in [0.5, 0.6) is 5.75 Å². The number of para-hydroxylation sites is 2. The highest BCUT2D eigenvalue weighted by Crippen LogP contribution is 2.49. The fraction of sp³-hybridized carbons (Fsp3) is 0.130. The summed E-state index contributed by atoms with van der Waals surface area (Å²) >= 11 is 6.07. The number of phenols is 1. The van der Waals surface area contributed by atoms with Gasteiger partial charge in [-0.1, -0.05) is 54.1 Å². The number of amides is 2. The zero-order valence-electron chi connectivity index (χ0n) is 15.7.